The van der Waals surface area contributed by atoms with Gasteiger partial charge in [0.25, 0.3) is 0 Å². The number of benzene rings is 2. The summed E-state index contributed by atoms with van der Waals surface area (Å²) in [5, 5.41) is 15.9. The predicted molar refractivity (Wildman–Crippen MR) is 111 cm³/mol. The molecule has 0 aliphatic rings. The number of thiazole rings is 1. The molecule has 7 heteroatoms. The zero-order valence-corrected chi connectivity index (χ0v) is 16.5. The summed E-state index contributed by atoms with van der Waals surface area (Å²) >= 11 is 14.0. The molecule has 2 aromatic carbocycles. The molecule has 0 saturated carbocycles. The molecule has 0 aliphatic heterocycles. The molecular formula is C20H12Cl2N4S. The Labute approximate surface area is 169 Å². The molecule has 2 aromatic heterocycles. The standard InChI is InChI=1S/C20H12Cl2N4S/c1-12-16(19(22)26(25-12)15-8-6-14(21)7-9-15)10-13(11-23)20-24-17-4-2-3-5-18(17)27-20/h2-10H,1H3/b13-10-. The van der Waals surface area contributed by atoms with Gasteiger partial charge in [-0.05, 0) is 49.4 Å². The number of aryl methyl sites for hydroxylation is 1. The maximum absolute atomic E-state index is 9.67. The lowest BCUT2D eigenvalue weighted by Crippen LogP contribution is -1.96. The summed E-state index contributed by atoms with van der Waals surface area (Å²) < 4.78 is 2.67. The SMILES string of the molecule is Cc1nn(-c2ccc(Cl)cc2)c(Cl)c1/C=C(/C#N)c1nc2ccccc2s1. The van der Waals surface area contributed by atoms with E-state index in [2.05, 4.69) is 16.2 Å². The third-order valence-electron chi connectivity index (χ3n) is 4.05. The van der Waals surface area contributed by atoms with E-state index in [9.17, 15) is 5.26 Å². The van der Waals surface area contributed by atoms with Crippen molar-refractivity contribution in [3.8, 4) is 11.8 Å². The molecule has 0 aliphatic carbocycles. The molecule has 0 saturated heterocycles. The zero-order valence-electron chi connectivity index (χ0n) is 14.1. The van der Waals surface area contributed by atoms with Crippen LogP contribution in [0.4, 0.5) is 0 Å². The lowest BCUT2D eigenvalue weighted by atomic mass is 10.2. The van der Waals surface area contributed by atoms with Crippen LogP contribution in [0.1, 0.15) is 16.3 Å². The van der Waals surface area contributed by atoms with Crippen LogP contribution in [0.2, 0.25) is 10.2 Å². The van der Waals surface area contributed by atoms with Gasteiger partial charge in [-0.3, -0.25) is 0 Å². The summed E-state index contributed by atoms with van der Waals surface area (Å²) in [6.45, 7) is 1.86. The van der Waals surface area contributed by atoms with E-state index in [1.165, 1.54) is 11.3 Å². The Kier molecular flexibility index (Phi) is 4.71. The fourth-order valence-electron chi connectivity index (χ4n) is 2.70. The van der Waals surface area contributed by atoms with Gasteiger partial charge in [-0.25, -0.2) is 9.67 Å². The van der Waals surface area contributed by atoms with Gasteiger partial charge in [-0.1, -0.05) is 35.3 Å². The van der Waals surface area contributed by atoms with Crippen molar-refractivity contribution in [1.82, 2.24) is 14.8 Å². The first kappa shape index (κ1) is 17.7. The van der Waals surface area contributed by atoms with Crippen molar-refractivity contribution in [3.63, 3.8) is 0 Å². The van der Waals surface area contributed by atoms with Crippen LogP contribution in [-0.4, -0.2) is 14.8 Å². The number of halogens is 2. The van der Waals surface area contributed by atoms with Gasteiger partial charge in [-0.15, -0.1) is 11.3 Å². The topological polar surface area (TPSA) is 54.5 Å². The Morgan fingerprint density at radius 3 is 2.59 bits per heavy atom. The summed E-state index contributed by atoms with van der Waals surface area (Å²) in [6, 6.07) is 17.3. The highest BCUT2D eigenvalue weighted by Crippen LogP contribution is 2.31. The Balaban J connectivity index is 1.80. The third-order valence-corrected chi connectivity index (χ3v) is 5.74. The lowest BCUT2D eigenvalue weighted by Gasteiger charge is -2.03. The van der Waals surface area contributed by atoms with Crippen molar-refractivity contribution in [2.45, 2.75) is 6.92 Å². The van der Waals surface area contributed by atoms with E-state index in [-0.39, 0.29) is 0 Å². The number of hydrogen-bond donors (Lipinski definition) is 0. The second kappa shape index (κ2) is 7.16. The summed E-state index contributed by atoms with van der Waals surface area (Å²) in [7, 11) is 0. The van der Waals surface area contributed by atoms with E-state index in [0.717, 1.165) is 21.6 Å². The largest absolute Gasteiger partial charge is 0.235 e. The quantitative estimate of drug-likeness (QED) is 0.379. The van der Waals surface area contributed by atoms with Gasteiger partial charge >= 0.3 is 0 Å². The highest BCUT2D eigenvalue weighted by atomic mass is 35.5. The molecule has 27 heavy (non-hydrogen) atoms. The molecular weight excluding hydrogens is 399 g/mol. The minimum absolute atomic E-state index is 0.434. The summed E-state index contributed by atoms with van der Waals surface area (Å²) in [4.78, 5) is 4.56. The van der Waals surface area contributed by atoms with Crippen LogP contribution in [0.5, 0.6) is 0 Å². The van der Waals surface area contributed by atoms with E-state index in [4.69, 9.17) is 23.2 Å². The number of allylic oxidation sites excluding steroid dienone is 1. The zero-order chi connectivity index (χ0) is 19.0. The fourth-order valence-corrected chi connectivity index (χ4v) is 4.09. The van der Waals surface area contributed by atoms with Crippen LogP contribution < -0.4 is 0 Å². The van der Waals surface area contributed by atoms with Crippen LogP contribution in [0, 0.1) is 18.3 Å². The van der Waals surface area contributed by atoms with E-state index in [0.29, 0.717) is 26.3 Å². The molecule has 2 heterocycles. The third kappa shape index (κ3) is 3.35. The van der Waals surface area contributed by atoms with Crippen molar-refractivity contribution in [3.05, 3.63) is 75.0 Å². The van der Waals surface area contributed by atoms with E-state index >= 15 is 0 Å². The first-order valence-electron chi connectivity index (χ1n) is 8.05. The maximum atomic E-state index is 9.67. The Bertz CT molecular complexity index is 1180. The average molecular weight is 411 g/mol. The molecule has 0 N–H and O–H groups in total. The van der Waals surface area contributed by atoms with Crippen LogP contribution in [-0.2, 0) is 0 Å². The van der Waals surface area contributed by atoms with Gasteiger partial charge in [0.15, 0.2) is 0 Å². The molecule has 0 amide bonds. The molecule has 4 rings (SSSR count). The molecule has 0 unspecified atom stereocenters. The monoisotopic (exact) mass is 410 g/mol. The molecule has 0 spiro atoms. The Morgan fingerprint density at radius 1 is 1.15 bits per heavy atom. The number of para-hydroxylation sites is 1. The van der Waals surface area contributed by atoms with Crippen LogP contribution >= 0.6 is 34.5 Å². The maximum Gasteiger partial charge on any atom is 0.140 e. The Morgan fingerprint density at radius 2 is 1.89 bits per heavy atom. The number of fused-ring (bicyclic) bond motifs is 1. The smallest absolute Gasteiger partial charge is 0.140 e. The molecule has 0 radical (unpaired) electrons. The van der Waals surface area contributed by atoms with Gasteiger partial charge in [-0.2, -0.15) is 10.4 Å². The lowest BCUT2D eigenvalue weighted by molar-refractivity contribution is 0.863. The number of nitriles is 1. The minimum Gasteiger partial charge on any atom is -0.235 e. The minimum atomic E-state index is 0.434. The van der Waals surface area contributed by atoms with Crippen molar-refractivity contribution in [2.24, 2.45) is 0 Å². The van der Waals surface area contributed by atoms with Gasteiger partial charge in [0.1, 0.15) is 16.2 Å². The van der Waals surface area contributed by atoms with E-state index in [1.807, 2.05) is 43.3 Å². The van der Waals surface area contributed by atoms with Gasteiger partial charge in [0.2, 0.25) is 0 Å². The predicted octanol–water partition coefficient (Wildman–Crippen LogP) is 6.16. The number of nitrogens with zero attached hydrogens (tertiary/aromatic N) is 4. The molecule has 4 nitrogen and oxygen atoms in total. The van der Waals surface area contributed by atoms with Crippen molar-refractivity contribution in [2.75, 3.05) is 0 Å². The second-order valence-electron chi connectivity index (χ2n) is 5.83. The van der Waals surface area contributed by atoms with Crippen molar-refractivity contribution in [1.29, 1.82) is 5.26 Å². The molecule has 4 aromatic rings. The van der Waals surface area contributed by atoms with Crippen molar-refractivity contribution >= 4 is 56.4 Å². The van der Waals surface area contributed by atoms with E-state index in [1.54, 1.807) is 22.9 Å². The van der Waals surface area contributed by atoms with Gasteiger partial charge < -0.3 is 0 Å². The van der Waals surface area contributed by atoms with Gasteiger partial charge in [0.05, 0.1) is 27.2 Å². The molecule has 0 bridgehead atoms. The summed E-state index contributed by atoms with van der Waals surface area (Å²) in [6.07, 6.45) is 1.74. The average Bonchev–Trinajstić information content (AvgIpc) is 3.22. The van der Waals surface area contributed by atoms with Crippen LogP contribution in [0.25, 0.3) is 27.6 Å². The van der Waals surface area contributed by atoms with Gasteiger partial charge in [0, 0.05) is 10.6 Å². The molecule has 0 atom stereocenters. The van der Waals surface area contributed by atoms with E-state index < -0.39 is 0 Å². The first-order valence-corrected chi connectivity index (χ1v) is 9.63. The summed E-state index contributed by atoms with van der Waals surface area (Å²) in [5.41, 5.74) is 3.55. The van der Waals surface area contributed by atoms with Crippen LogP contribution in [0.15, 0.2) is 48.5 Å². The Hall–Kier alpha value is -2.65. The molecule has 132 valence electrons. The normalized spacial score (nSPS) is 11.7. The highest BCUT2D eigenvalue weighted by Gasteiger charge is 2.16. The second-order valence-corrected chi connectivity index (χ2v) is 7.66. The number of aromatic nitrogens is 3. The number of rotatable bonds is 3. The van der Waals surface area contributed by atoms with Crippen LogP contribution in [0.3, 0.4) is 0 Å². The molecule has 0 fully saturated rings. The first-order chi connectivity index (χ1) is 13.1. The highest BCUT2D eigenvalue weighted by molar-refractivity contribution is 7.19. The number of hydrogen-bond acceptors (Lipinski definition) is 4. The van der Waals surface area contributed by atoms with Crippen molar-refractivity contribution < 1.29 is 0 Å². The fraction of sp³-hybridized carbons (Fsp3) is 0.0500. The summed E-state index contributed by atoms with van der Waals surface area (Å²) in [5.74, 6) is 0.